The molecule has 0 aromatic carbocycles. The summed E-state index contributed by atoms with van der Waals surface area (Å²) in [5.41, 5.74) is 0. The van der Waals surface area contributed by atoms with E-state index in [1.165, 1.54) is 340 Å². The molecule has 0 spiro atoms. The predicted octanol–water partition coefficient (Wildman–Crippen LogP) is 25.2. The molecule has 0 heterocycles. The maximum Gasteiger partial charge on any atom is 0.305 e. The van der Waals surface area contributed by atoms with Crippen LogP contribution in [0, 0.1) is 0 Å². The third-order valence-corrected chi connectivity index (χ3v) is 17.8. The van der Waals surface area contributed by atoms with Gasteiger partial charge >= 0.3 is 5.97 Å². The molecule has 500 valence electrons. The summed E-state index contributed by atoms with van der Waals surface area (Å²) in [5.74, 6) is -0.0562. The number of aliphatic hydroxyl groups excluding tert-OH is 2. The van der Waals surface area contributed by atoms with Crippen LogP contribution in [-0.2, 0) is 14.3 Å². The van der Waals surface area contributed by atoms with E-state index in [0.717, 1.165) is 51.4 Å². The van der Waals surface area contributed by atoms with Gasteiger partial charge in [-0.15, -0.1) is 0 Å². The topological polar surface area (TPSA) is 95.9 Å². The molecule has 0 aliphatic rings. The van der Waals surface area contributed by atoms with Crippen LogP contribution in [0.3, 0.4) is 0 Å². The number of rotatable bonds is 72. The van der Waals surface area contributed by atoms with Gasteiger partial charge in [0.2, 0.25) is 5.91 Å². The minimum atomic E-state index is -0.844. The molecular formula is C79H149NO5. The molecule has 0 aromatic heterocycles. The van der Waals surface area contributed by atoms with Crippen molar-refractivity contribution in [1.82, 2.24) is 5.32 Å². The van der Waals surface area contributed by atoms with E-state index in [-0.39, 0.29) is 18.5 Å². The van der Waals surface area contributed by atoms with Gasteiger partial charge in [0.25, 0.3) is 0 Å². The van der Waals surface area contributed by atoms with Gasteiger partial charge in [0.15, 0.2) is 0 Å². The molecule has 6 heteroatoms. The van der Waals surface area contributed by atoms with Crippen LogP contribution in [0.25, 0.3) is 0 Å². The molecule has 0 saturated heterocycles. The van der Waals surface area contributed by atoms with Gasteiger partial charge in [0, 0.05) is 12.8 Å². The molecule has 0 radical (unpaired) electrons. The third kappa shape index (κ3) is 70.8. The van der Waals surface area contributed by atoms with E-state index < -0.39 is 12.1 Å². The van der Waals surface area contributed by atoms with Crippen molar-refractivity contribution < 1.29 is 24.5 Å². The smallest absolute Gasteiger partial charge is 0.305 e. The Morgan fingerprint density at radius 3 is 0.918 bits per heavy atom. The second-order valence-electron chi connectivity index (χ2n) is 26.3. The van der Waals surface area contributed by atoms with Crippen LogP contribution in [0.15, 0.2) is 48.6 Å². The number of nitrogens with one attached hydrogen (secondary N) is 1. The lowest BCUT2D eigenvalue weighted by Crippen LogP contribution is -2.45. The van der Waals surface area contributed by atoms with Crippen molar-refractivity contribution in [3.8, 4) is 0 Å². The number of unbranched alkanes of at least 4 members (excludes halogenated alkanes) is 55. The van der Waals surface area contributed by atoms with Gasteiger partial charge in [0.05, 0.1) is 25.4 Å². The number of hydrogen-bond acceptors (Lipinski definition) is 5. The summed E-state index contributed by atoms with van der Waals surface area (Å²) in [6, 6.07) is -0.627. The van der Waals surface area contributed by atoms with Crippen LogP contribution in [0.1, 0.15) is 418 Å². The van der Waals surface area contributed by atoms with Crippen molar-refractivity contribution >= 4 is 11.9 Å². The minimum absolute atomic E-state index is 0.00526. The van der Waals surface area contributed by atoms with E-state index in [4.69, 9.17) is 4.74 Å². The van der Waals surface area contributed by atoms with Crippen LogP contribution < -0.4 is 5.32 Å². The highest BCUT2D eigenvalue weighted by atomic mass is 16.5. The maximum absolute atomic E-state index is 12.5. The Balaban J connectivity index is 3.37. The number of carbonyl (C=O) groups excluding carboxylic acids is 2. The van der Waals surface area contributed by atoms with E-state index in [9.17, 15) is 19.8 Å². The first-order valence-electron chi connectivity index (χ1n) is 38.4. The summed E-state index contributed by atoms with van der Waals surface area (Å²) >= 11 is 0. The van der Waals surface area contributed by atoms with E-state index in [1.807, 2.05) is 6.08 Å². The normalized spacial score (nSPS) is 12.8. The molecule has 0 saturated carbocycles. The molecule has 0 aliphatic carbocycles. The van der Waals surface area contributed by atoms with Gasteiger partial charge in [-0.25, -0.2) is 0 Å². The van der Waals surface area contributed by atoms with Crippen LogP contribution >= 0.6 is 0 Å². The van der Waals surface area contributed by atoms with Crippen LogP contribution in [0.5, 0.6) is 0 Å². The summed E-state index contributed by atoms with van der Waals surface area (Å²) in [4.78, 5) is 24.6. The lowest BCUT2D eigenvalue weighted by atomic mass is 10.0. The number of allylic oxidation sites excluding steroid dienone is 7. The summed E-state index contributed by atoms with van der Waals surface area (Å²) in [7, 11) is 0. The standard InChI is InChI=1S/C79H149NO5/c1-3-5-7-9-11-13-15-17-19-21-37-40-43-47-51-55-59-63-67-71-77(82)76(75-81)80-78(83)72-68-64-60-56-52-48-44-41-38-35-33-31-29-27-25-23-22-24-26-28-30-32-34-36-39-42-46-50-54-58-62-66-70-74-85-79(84)73-69-65-61-57-53-49-45-20-18-16-14-12-10-8-6-4-2/h14,16,20,26,28,45,67,71,76-77,81-82H,3-13,15,17-19,21-25,27,29-44,46-66,68-70,72-75H2,1-2H3,(H,80,83)/b16-14-,28-26-,45-20-,71-67+. The van der Waals surface area contributed by atoms with E-state index in [2.05, 4.69) is 55.6 Å². The fourth-order valence-electron chi connectivity index (χ4n) is 12.0. The first-order valence-corrected chi connectivity index (χ1v) is 38.4. The van der Waals surface area contributed by atoms with E-state index in [0.29, 0.717) is 19.4 Å². The van der Waals surface area contributed by atoms with E-state index in [1.54, 1.807) is 6.08 Å². The first-order chi connectivity index (χ1) is 42.0. The maximum atomic E-state index is 12.5. The van der Waals surface area contributed by atoms with Crippen molar-refractivity contribution in [2.45, 2.75) is 431 Å². The Labute approximate surface area is 531 Å². The number of carbonyl (C=O) groups is 2. The molecule has 0 bridgehead atoms. The zero-order valence-electron chi connectivity index (χ0n) is 57.4. The minimum Gasteiger partial charge on any atom is -0.466 e. The van der Waals surface area contributed by atoms with Crippen LogP contribution in [0.4, 0.5) is 0 Å². The van der Waals surface area contributed by atoms with Gasteiger partial charge in [-0.1, -0.05) is 364 Å². The van der Waals surface area contributed by atoms with Crippen molar-refractivity contribution in [3.05, 3.63) is 48.6 Å². The van der Waals surface area contributed by atoms with Gasteiger partial charge in [0.1, 0.15) is 0 Å². The predicted molar refractivity (Wildman–Crippen MR) is 375 cm³/mol. The monoisotopic (exact) mass is 1190 g/mol. The molecule has 3 N–H and O–H groups in total. The molecule has 2 unspecified atom stereocenters. The summed E-state index contributed by atoms with van der Waals surface area (Å²) < 4.78 is 5.49. The fourth-order valence-corrected chi connectivity index (χ4v) is 12.0. The van der Waals surface area contributed by atoms with Crippen molar-refractivity contribution in [1.29, 1.82) is 0 Å². The van der Waals surface area contributed by atoms with Crippen LogP contribution in [-0.4, -0.2) is 47.4 Å². The number of ether oxygens (including phenoxy) is 1. The number of esters is 1. The average Bonchev–Trinajstić information content (AvgIpc) is 3.51. The number of hydrogen-bond donors (Lipinski definition) is 3. The zero-order valence-corrected chi connectivity index (χ0v) is 57.4. The summed E-state index contributed by atoms with van der Waals surface area (Å²) in [5, 5.41) is 23.3. The van der Waals surface area contributed by atoms with Crippen molar-refractivity contribution in [2.75, 3.05) is 13.2 Å². The third-order valence-electron chi connectivity index (χ3n) is 17.8. The summed E-state index contributed by atoms with van der Waals surface area (Å²) in [6.07, 6.45) is 97.9. The lowest BCUT2D eigenvalue weighted by molar-refractivity contribution is -0.143. The molecule has 0 fully saturated rings. The lowest BCUT2D eigenvalue weighted by Gasteiger charge is -2.20. The van der Waals surface area contributed by atoms with Gasteiger partial charge in [-0.3, -0.25) is 9.59 Å². The highest BCUT2D eigenvalue weighted by Gasteiger charge is 2.18. The second-order valence-corrected chi connectivity index (χ2v) is 26.3. The van der Waals surface area contributed by atoms with Gasteiger partial charge in [-0.2, -0.15) is 0 Å². The Morgan fingerprint density at radius 1 is 0.329 bits per heavy atom. The average molecular weight is 1190 g/mol. The molecule has 0 aromatic rings. The number of aliphatic hydroxyl groups is 2. The van der Waals surface area contributed by atoms with Crippen molar-refractivity contribution in [2.24, 2.45) is 0 Å². The molecule has 85 heavy (non-hydrogen) atoms. The van der Waals surface area contributed by atoms with Crippen molar-refractivity contribution in [3.63, 3.8) is 0 Å². The molecule has 0 rings (SSSR count). The quantitative estimate of drug-likeness (QED) is 0.0320. The molecule has 2 atom stereocenters. The highest BCUT2D eigenvalue weighted by Crippen LogP contribution is 2.19. The Bertz CT molecular complexity index is 1420. The molecular weight excluding hydrogens is 1040 g/mol. The highest BCUT2D eigenvalue weighted by molar-refractivity contribution is 5.76. The Hall–Kier alpha value is -2.18. The zero-order chi connectivity index (χ0) is 61.3. The van der Waals surface area contributed by atoms with Crippen LogP contribution in [0.2, 0.25) is 0 Å². The second kappa shape index (κ2) is 74.3. The van der Waals surface area contributed by atoms with Gasteiger partial charge in [-0.05, 0) is 89.9 Å². The SMILES string of the molecule is CCCCCC/C=C\C/C=C\CCCCCCCC(=O)OCCCCCCCCCCCCCC/C=C\CCCCCCCCCCCCCCCCCCCC(=O)NC(CO)C(O)/C=C/CCCCCCCCCCCCCCCCCCC. The molecule has 0 aliphatic heterocycles. The fraction of sp³-hybridized carbons (Fsp3) is 0.873. The summed E-state index contributed by atoms with van der Waals surface area (Å²) in [6.45, 7) is 4.92. The van der Waals surface area contributed by atoms with Gasteiger partial charge < -0.3 is 20.3 Å². The molecule has 1 amide bonds. The first kappa shape index (κ1) is 82.8. The molecule has 6 nitrogen and oxygen atoms in total. The largest absolute Gasteiger partial charge is 0.466 e. The van der Waals surface area contributed by atoms with E-state index >= 15 is 0 Å². The number of amides is 1. The Kier molecular flexibility index (Phi) is 72.4. The Morgan fingerprint density at radius 2 is 0.588 bits per heavy atom.